The molecule has 3 aromatic carbocycles. The van der Waals surface area contributed by atoms with Crippen molar-refractivity contribution in [3.8, 4) is 5.75 Å². The first-order valence-electron chi connectivity index (χ1n) is 13.6. The van der Waals surface area contributed by atoms with Gasteiger partial charge in [0.1, 0.15) is 24.2 Å². The molecule has 2 amide bonds. The molecular formula is C31H38FN3O5S. The van der Waals surface area contributed by atoms with Gasteiger partial charge in [-0.15, -0.1) is 0 Å². The van der Waals surface area contributed by atoms with E-state index in [0.717, 1.165) is 27.6 Å². The first-order valence-corrected chi connectivity index (χ1v) is 15.1. The van der Waals surface area contributed by atoms with Gasteiger partial charge in [0.05, 0.1) is 17.2 Å². The molecule has 3 rings (SSSR count). The first kappa shape index (κ1) is 31.6. The predicted molar refractivity (Wildman–Crippen MR) is 158 cm³/mol. The number of nitrogens with zero attached hydrogens (tertiary/aromatic N) is 2. The molecule has 0 bridgehead atoms. The van der Waals surface area contributed by atoms with Crippen molar-refractivity contribution in [2.45, 2.75) is 64.6 Å². The van der Waals surface area contributed by atoms with Crippen LogP contribution in [0.3, 0.4) is 0 Å². The van der Waals surface area contributed by atoms with E-state index in [1.165, 1.54) is 41.3 Å². The van der Waals surface area contributed by atoms with E-state index in [2.05, 4.69) is 5.32 Å². The molecular weight excluding hydrogens is 545 g/mol. The molecule has 0 saturated carbocycles. The van der Waals surface area contributed by atoms with Crippen molar-refractivity contribution in [3.05, 3.63) is 89.7 Å². The Morgan fingerprint density at radius 1 is 0.927 bits per heavy atom. The summed E-state index contributed by atoms with van der Waals surface area (Å²) >= 11 is 0. The average Bonchev–Trinajstić information content (AvgIpc) is 2.96. The van der Waals surface area contributed by atoms with Gasteiger partial charge in [0.15, 0.2) is 0 Å². The molecule has 0 aliphatic rings. The Balaban J connectivity index is 2.01. The third-order valence-electron chi connectivity index (χ3n) is 6.76. The number of anilines is 1. The van der Waals surface area contributed by atoms with Crippen LogP contribution >= 0.6 is 0 Å². The van der Waals surface area contributed by atoms with Gasteiger partial charge in [-0.1, -0.05) is 36.8 Å². The Morgan fingerprint density at radius 2 is 1.54 bits per heavy atom. The molecule has 0 unspecified atom stereocenters. The molecule has 0 saturated heterocycles. The maximum Gasteiger partial charge on any atom is 0.264 e. The monoisotopic (exact) mass is 583 g/mol. The summed E-state index contributed by atoms with van der Waals surface area (Å²) in [6.45, 7) is 9.10. The zero-order valence-electron chi connectivity index (χ0n) is 24.1. The number of ether oxygens (including phenoxy) is 1. The Morgan fingerprint density at radius 3 is 2.10 bits per heavy atom. The van der Waals surface area contributed by atoms with Crippen molar-refractivity contribution in [2.24, 2.45) is 0 Å². The van der Waals surface area contributed by atoms with Crippen LogP contribution in [0.1, 0.15) is 45.2 Å². The summed E-state index contributed by atoms with van der Waals surface area (Å²) in [6.07, 6.45) is 0.711. The highest BCUT2D eigenvalue weighted by molar-refractivity contribution is 7.92. The van der Waals surface area contributed by atoms with Crippen LogP contribution < -0.4 is 14.4 Å². The van der Waals surface area contributed by atoms with Crippen LogP contribution in [0, 0.1) is 12.7 Å². The molecule has 0 radical (unpaired) electrons. The lowest BCUT2D eigenvalue weighted by atomic mass is 10.1. The van der Waals surface area contributed by atoms with Gasteiger partial charge in [-0.25, -0.2) is 12.8 Å². The number of nitrogens with one attached hydrogen (secondary N) is 1. The van der Waals surface area contributed by atoms with E-state index in [4.69, 9.17) is 4.74 Å². The highest BCUT2D eigenvalue weighted by Crippen LogP contribution is 2.26. The number of hydrogen-bond donors (Lipinski definition) is 1. The topological polar surface area (TPSA) is 96.0 Å². The smallest absolute Gasteiger partial charge is 0.264 e. The number of rotatable bonds is 13. The molecule has 10 heteroatoms. The standard InChI is InChI=1S/C31H38FN3O5S/c1-6-23(4)33-31(37)24(5)34(20-25-10-8-22(3)9-11-25)30(36)21-35(27-14-12-26(32)13-15-27)41(38,39)29-18-16-28(17-19-29)40-7-2/h8-19,23-24H,6-7,20-21H2,1-5H3,(H,33,37)/t23-,24+/m1/s1. The highest BCUT2D eigenvalue weighted by Gasteiger charge is 2.33. The fourth-order valence-corrected chi connectivity index (χ4v) is 5.49. The third kappa shape index (κ3) is 8.29. The highest BCUT2D eigenvalue weighted by atomic mass is 32.2. The van der Waals surface area contributed by atoms with Gasteiger partial charge in [0.2, 0.25) is 11.8 Å². The van der Waals surface area contributed by atoms with Gasteiger partial charge in [-0.3, -0.25) is 13.9 Å². The SMILES string of the molecule is CCOc1ccc(S(=O)(=O)N(CC(=O)N(Cc2ccc(C)cc2)[C@@H](C)C(=O)N[C@H](C)CC)c2ccc(F)cc2)cc1. The van der Waals surface area contributed by atoms with Crippen molar-refractivity contribution in [1.82, 2.24) is 10.2 Å². The molecule has 2 atom stereocenters. The Kier molecular flexibility index (Phi) is 10.9. The van der Waals surface area contributed by atoms with Crippen LogP contribution in [-0.2, 0) is 26.2 Å². The summed E-state index contributed by atoms with van der Waals surface area (Å²) in [5.41, 5.74) is 1.94. The summed E-state index contributed by atoms with van der Waals surface area (Å²) in [5, 5.41) is 2.90. The van der Waals surface area contributed by atoms with E-state index < -0.39 is 34.3 Å². The zero-order valence-corrected chi connectivity index (χ0v) is 24.9. The maximum atomic E-state index is 13.9. The molecule has 8 nitrogen and oxygen atoms in total. The lowest BCUT2D eigenvalue weighted by molar-refractivity contribution is -0.139. The number of carbonyl (C=O) groups excluding carboxylic acids is 2. The fourth-order valence-electron chi connectivity index (χ4n) is 4.08. The molecule has 0 aromatic heterocycles. The molecule has 0 aliphatic heterocycles. The van der Waals surface area contributed by atoms with E-state index in [1.54, 1.807) is 6.92 Å². The molecule has 1 N–H and O–H groups in total. The van der Waals surface area contributed by atoms with Crippen molar-refractivity contribution >= 4 is 27.5 Å². The van der Waals surface area contributed by atoms with Gasteiger partial charge in [0, 0.05) is 12.6 Å². The van der Waals surface area contributed by atoms with Crippen LogP contribution in [0.5, 0.6) is 5.75 Å². The van der Waals surface area contributed by atoms with Crippen LogP contribution in [0.25, 0.3) is 0 Å². The third-order valence-corrected chi connectivity index (χ3v) is 8.55. The van der Waals surface area contributed by atoms with Crippen LogP contribution in [-0.4, -0.2) is 50.4 Å². The van der Waals surface area contributed by atoms with Gasteiger partial charge in [-0.2, -0.15) is 0 Å². The Hall–Kier alpha value is -3.92. The van der Waals surface area contributed by atoms with Crippen LogP contribution in [0.15, 0.2) is 77.7 Å². The second-order valence-corrected chi connectivity index (χ2v) is 11.8. The average molecular weight is 584 g/mol. The summed E-state index contributed by atoms with van der Waals surface area (Å²) in [7, 11) is -4.27. The van der Waals surface area contributed by atoms with Crippen LogP contribution in [0.2, 0.25) is 0 Å². The molecule has 0 spiro atoms. The predicted octanol–water partition coefficient (Wildman–Crippen LogP) is 5.06. The first-order chi connectivity index (χ1) is 19.5. The minimum atomic E-state index is -4.27. The van der Waals surface area contributed by atoms with Gasteiger partial charge >= 0.3 is 0 Å². The molecule has 0 fully saturated rings. The molecule has 0 heterocycles. The van der Waals surface area contributed by atoms with Crippen molar-refractivity contribution in [2.75, 3.05) is 17.5 Å². The molecule has 3 aromatic rings. The number of aryl methyl sites for hydroxylation is 1. The van der Waals surface area contributed by atoms with E-state index in [0.29, 0.717) is 18.8 Å². The van der Waals surface area contributed by atoms with Crippen molar-refractivity contribution < 1.29 is 27.1 Å². The minimum absolute atomic E-state index is 0.0641. The maximum absolute atomic E-state index is 13.9. The van der Waals surface area contributed by atoms with E-state index >= 15 is 0 Å². The number of halogens is 1. The second kappa shape index (κ2) is 14.1. The summed E-state index contributed by atoms with van der Waals surface area (Å²) in [6, 6.07) is 17.3. The number of amides is 2. The largest absolute Gasteiger partial charge is 0.494 e. The Labute approximate surface area is 242 Å². The normalized spacial score (nSPS) is 12.7. The molecule has 41 heavy (non-hydrogen) atoms. The van der Waals surface area contributed by atoms with Gasteiger partial charge < -0.3 is 15.0 Å². The van der Waals surface area contributed by atoms with Gasteiger partial charge in [0.25, 0.3) is 10.0 Å². The molecule has 0 aliphatic carbocycles. The lowest BCUT2D eigenvalue weighted by Gasteiger charge is -2.32. The minimum Gasteiger partial charge on any atom is -0.494 e. The summed E-state index contributed by atoms with van der Waals surface area (Å²) < 4.78 is 47.9. The number of benzene rings is 3. The fraction of sp³-hybridized carbons (Fsp3) is 0.355. The van der Waals surface area contributed by atoms with E-state index in [-0.39, 0.29) is 29.1 Å². The second-order valence-electron chi connectivity index (χ2n) is 9.89. The van der Waals surface area contributed by atoms with Crippen LogP contribution in [0.4, 0.5) is 10.1 Å². The summed E-state index contributed by atoms with van der Waals surface area (Å²) in [4.78, 5) is 28.3. The van der Waals surface area contributed by atoms with Crippen molar-refractivity contribution in [1.29, 1.82) is 0 Å². The molecule has 220 valence electrons. The van der Waals surface area contributed by atoms with Crippen molar-refractivity contribution in [3.63, 3.8) is 0 Å². The zero-order chi connectivity index (χ0) is 30.2. The van der Waals surface area contributed by atoms with Gasteiger partial charge in [-0.05, 0) is 88.2 Å². The number of hydrogen-bond acceptors (Lipinski definition) is 5. The number of carbonyl (C=O) groups is 2. The quantitative estimate of drug-likeness (QED) is 0.304. The Bertz CT molecular complexity index is 1410. The summed E-state index contributed by atoms with van der Waals surface area (Å²) in [5.74, 6) is -0.977. The number of sulfonamides is 1. The lowest BCUT2D eigenvalue weighted by Crippen LogP contribution is -2.52. The van der Waals surface area contributed by atoms with E-state index in [9.17, 15) is 22.4 Å². The van der Waals surface area contributed by atoms with E-state index in [1.807, 2.05) is 52.0 Å².